The summed E-state index contributed by atoms with van der Waals surface area (Å²) in [6.07, 6.45) is 2.53. The molecule has 2 heterocycles. The minimum Gasteiger partial charge on any atom is -0.343 e. The lowest BCUT2D eigenvalue weighted by atomic mass is 9.81. The summed E-state index contributed by atoms with van der Waals surface area (Å²) in [7, 11) is 0. The summed E-state index contributed by atoms with van der Waals surface area (Å²) in [4.78, 5) is 6.85. The van der Waals surface area contributed by atoms with E-state index >= 15 is 0 Å². The van der Waals surface area contributed by atoms with Gasteiger partial charge in [-0.15, -0.1) is 0 Å². The Balaban J connectivity index is 1.66. The van der Waals surface area contributed by atoms with Crippen molar-refractivity contribution in [2.24, 2.45) is 11.7 Å². The van der Waals surface area contributed by atoms with Crippen molar-refractivity contribution in [3.05, 3.63) is 5.82 Å². The first-order chi connectivity index (χ1) is 7.58. The van der Waals surface area contributed by atoms with Crippen molar-refractivity contribution in [3.8, 4) is 0 Å². The molecule has 1 aliphatic heterocycles. The zero-order valence-corrected chi connectivity index (χ0v) is 10.6. The van der Waals surface area contributed by atoms with Crippen LogP contribution in [0.3, 0.4) is 0 Å². The molecule has 1 aromatic rings. The van der Waals surface area contributed by atoms with Crippen LogP contribution in [-0.4, -0.2) is 28.0 Å². The van der Waals surface area contributed by atoms with Crippen molar-refractivity contribution in [1.82, 2.24) is 9.36 Å². The van der Waals surface area contributed by atoms with E-state index in [2.05, 4.69) is 28.1 Å². The molecule has 0 bridgehead atoms. The van der Waals surface area contributed by atoms with Gasteiger partial charge in [0.25, 0.3) is 0 Å². The van der Waals surface area contributed by atoms with Gasteiger partial charge in [0.2, 0.25) is 5.13 Å². The molecule has 0 atom stereocenters. The molecule has 2 aliphatic rings. The van der Waals surface area contributed by atoms with Gasteiger partial charge in [0.15, 0.2) is 0 Å². The van der Waals surface area contributed by atoms with E-state index in [9.17, 15) is 0 Å². The van der Waals surface area contributed by atoms with Gasteiger partial charge in [0.05, 0.1) is 5.54 Å². The maximum atomic E-state index is 6.27. The third-order valence-electron chi connectivity index (χ3n) is 3.76. The van der Waals surface area contributed by atoms with Crippen LogP contribution in [0.4, 0.5) is 5.13 Å². The van der Waals surface area contributed by atoms with E-state index in [4.69, 9.17) is 5.73 Å². The van der Waals surface area contributed by atoms with Gasteiger partial charge in [-0.3, -0.25) is 0 Å². The summed E-state index contributed by atoms with van der Waals surface area (Å²) >= 11 is 1.52. The standard InChI is InChI=1S/C11H18N4S/c1-7(2)11(12)5-15(6-11)10-13-9(14-16-10)8-3-4-8/h7-8H,3-6,12H2,1-2H3. The Labute approximate surface area is 100 Å². The second-order valence-corrected chi connectivity index (χ2v) is 6.18. The number of anilines is 1. The average Bonchev–Trinajstić information content (AvgIpc) is 2.92. The van der Waals surface area contributed by atoms with Crippen LogP contribution in [0.2, 0.25) is 0 Å². The minimum atomic E-state index is -0.0224. The molecule has 3 rings (SSSR count). The van der Waals surface area contributed by atoms with Crippen molar-refractivity contribution in [1.29, 1.82) is 0 Å². The Morgan fingerprint density at radius 3 is 2.69 bits per heavy atom. The highest BCUT2D eigenvalue weighted by atomic mass is 32.1. The molecule has 5 heteroatoms. The van der Waals surface area contributed by atoms with Gasteiger partial charge >= 0.3 is 0 Å². The lowest BCUT2D eigenvalue weighted by Crippen LogP contribution is -2.70. The van der Waals surface area contributed by atoms with Crippen LogP contribution in [0.15, 0.2) is 0 Å². The largest absolute Gasteiger partial charge is 0.343 e. The van der Waals surface area contributed by atoms with E-state index in [-0.39, 0.29) is 5.54 Å². The third kappa shape index (κ3) is 1.62. The molecule has 0 unspecified atom stereocenters. The highest BCUT2D eigenvalue weighted by Crippen LogP contribution is 2.40. The highest BCUT2D eigenvalue weighted by Gasteiger charge is 2.43. The monoisotopic (exact) mass is 238 g/mol. The zero-order chi connectivity index (χ0) is 11.3. The number of rotatable bonds is 3. The van der Waals surface area contributed by atoms with Crippen LogP contribution >= 0.6 is 11.5 Å². The predicted molar refractivity (Wildman–Crippen MR) is 65.9 cm³/mol. The lowest BCUT2D eigenvalue weighted by molar-refractivity contribution is 0.245. The Kier molecular flexibility index (Phi) is 2.23. The van der Waals surface area contributed by atoms with Gasteiger partial charge in [-0.05, 0) is 18.8 Å². The summed E-state index contributed by atoms with van der Waals surface area (Å²) in [5, 5.41) is 1.06. The maximum absolute atomic E-state index is 6.27. The molecule has 1 saturated carbocycles. The normalized spacial score (nSPS) is 23.6. The fraction of sp³-hybridized carbons (Fsp3) is 0.818. The van der Waals surface area contributed by atoms with Gasteiger partial charge in [-0.1, -0.05) is 13.8 Å². The van der Waals surface area contributed by atoms with Crippen LogP contribution in [0.1, 0.15) is 38.4 Å². The van der Waals surface area contributed by atoms with Gasteiger partial charge in [-0.2, -0.15) is 4.37 Å². The molecule has 16 heavy (non-hydrogen) atoms. The quantitative estimate of drug-likeness (QED) is 0.869. The van der Waals surface area contributed by atoms with E-state index in [1.165, 1.54) is 24.4 Å². The molecule has 1 saturated heterocycles. The van der Waals surface area contributed by atoms with E-state index in [1.54, 1.807) is 0 Å². The van der Waals surface area contributed by atoms with Gasteiger partial charge < -0.3 is 10.6 Å². The molecular formula is C11H18N4S. The summed E-state index contributed by atoms with van der Waals surface area (Å²) in [6, 6.07) is 0. The first kappa shape index (κ1) is 10.5. The van der Waals surface area contributed by atoms with E-state index in [0.29, 0.717) is 11.8 Å². The molecule has 1 aliphatic carbocycles. The first-order valence-corrected chi connectivity index (χ1v) is 6.73. The molecule has 0 spiro atoms. The molecule has 0 amide bonds. The van der Waals surface area contributed by atoms with Crippen molar-refractivity contribution in [2.75, 3.05) is 18.0 Å². The fourth-order valence-electron chi connectivity index (χ4n) is 2.03. The first-order valence-electron chi connectivity index (χ1n) is 5.96. The third-order valence-corrected chi connectivity index (χ3v) is 4.56. The minimum absolute atomic E-state index is 0.0224. The fourth-order valence-corrected chi connectivity index (χ4v) is 2.77. The predicted octanol–water partition coefficient (Wildman–Crippen LogP) is 1.59. The lowest BCUT2D eigenvalue weighted by Gasteiger charge is -2.50. The highest BCUT2D eigenvalue weighted by molar-refractivity contribution is 7.09. The second kappa shape index (κ2) is 3.40. The summed E-state index contributed by atoms with van der Waals surface area (Å²) in [5.74, 6) is 2.23. The Bertz CT molecular complexity index is 390. The van der Waals surface area contributed by atoms with Crippen molar-refractivity contribution in [3.63, 3.8) is 0 Å². The topological polar surface area (TPSA) is 55.0 Å². The van der Waals surface area contributed by atoms with Crippen LogP contribution in [-0.2, 0) is 0 Å². The summed E-state index contributed by atoms with van der Waals surface area (Å²) in [5.41, 5.74) is 6.24. The molecule has 2 N–H and O–H groups in total. The molecule has 2 fully saturated rings. The number of hydrogen-bond acceptors (Lipinski definition) is 5. The van der Waals surface area contributed by atoms with Gasteiger partial charge in [-0.25, -0.2) is 4.98 Å². The Morgan fingerprint density at radius 2 is 2.12 bits per heavy atom. The number of aromatic nitrogens is 2. The number of nitrogens with two attached hydrogens (primary N) is 1. The summed E-state index contributed by atoms with van der Waals surface area (Å²) in [6.45, 7) is 6.22. The molecular weight excluding hydrogens is 220 g/mol. The average molecular weight is 238 g/mol. The SMILES string of the molecule is CC(C)C1(N)CN(c2nc(C3CC3)ns2)C1. The van der Waals surface area contributed by atoms with Gasteiger partial charge in [0, 0.05) is 30.5 Å². The number of nitrogens with zero attached hydrogens (tertiary/aromatic N) is 3. The Morgan fingerprint density at radius 1 is 1.44 bits per heavy atom. The van der Waals surface area contributed by atoms with Crippen LogP contribution in [0.5, 0.6) is 0 Å². The number of hydrogen-bond donors (Lipinski definition) is 1. The maximum Gasteiger partial charge on any atom is 0.205 e. The van der Waals surface area contributed by atoms with Crippen molar-refractivity contribution >= 4 is 16.7 Å². The zero-order valence-electron chi connectivity index (χ0n) is 9.81. The van der Waals surface area contributed by atoms with E-state index in [0.717, 1.165) is 24.0 Å². The molecule has 1 aromatic heterocycles. The van der Waals surface area contributed by atoms with Crippen molar-refractivity contribution in [2.45, 2.75) is 38.1 Å². The van der Waals surface area contributed by atoms with E-state index in [1.807, 2.05) is 0 Å². The molecule has 0 aromatic carbocycles. The van der Waals surface area contributed by atoms with Crippen LogP contribution in [0.25, 0.3) is 0 Å². The van der Waals surface area contributed by atoms with E-state index < -0.39 is 0 Å². The van der Waals surface area contributed by atoms with Crippen molar-refractivity contribution < 1.29 is 0 Å². The second-order valence-electron chi connectivity index (χ2n) is 5.45. The molecule has 88 valence electrons. The Hall–Kier alpha value is -0.680. The smallest absolute Gasteiger partial charge is 0.205 e. The summed E-state index contributed by atoms with van der Waals surface area (Å²) < 4.78 is 4.42. The molecule has 0 radical (unpaired) electrons. The van der Waals surface area contributed by atoms with Crippen LogP contribution < -0.4 is 10.6 Å². The molecule has 4 nitrogen and oxygen atoms in total. The van der Waals surface area contributed by atoms with Crippen LogP contribution in [0, 0.1) is 5.92 Å². The van der Waals surface area contributed by atoms with Gasteiger partial charge in [0.1, 0.15) is 5.82 Å².